The molecular weight excluding hydrogens is 230 g/mol. The van der Waals surface area contributed by atoms with Gasteiger partial charge in [-0.3, -0.25) is 4.98 Å². The van der Waals surface area contributed by atoms with Crippen molar-refractivity contribution in [1.29, 1.82) is 0 Å². The van der Waals surface area contributed by atoms with Gasteiger partial charge in [0, 0.05) is 25.9 Å². The third-order valence-corrected chi connectivity index (χ3v) is 3.22. The molecule has 3 heterocycles. The average Bonchev–Trinajstić information content (AvgIpc) is 3.08. The molecule has 0 aromatic carbocycles. The normalized spacial score (nSPS) is 23.4. The second kappa shape index (κ2) is 4.88. The molecule has 94 valence electrons. The van der Waals surface area contributed by atoms with Gasteiger partial charge in [0.25, 0.3) is 0 Å². The Morgan fingerprint density at radius 2 is 2.33 bits per heavy atom. The fraction of sp³-hybridized carbons (Fsp3) is 0.385. The lowest BCUT2D eigenvalue weighted by Gasteiger charge is -2.04. The van der Waals surface area contributed by atoms with E-state index in [1.54, 1.807) is 13.3 Å². The molecule has 2 aromatic heterocycles. The molecule has 0 radical (unpaired) electrons. The summed E-state index contributed by atoms with van der Waals surface area (Å²) in [5, 5.41) is 7.42. The van der Waals surface area contributed by atoms with Gasteiger partial charge in [-0.15, -0.1) is 0 Å². The van der Waals surface area contributed by atoms with Crippen molar-refractivity contribution in [3.8, 4) is 11.4 Å². The van der Waals surface area contributed by atoms with Crippen LogP contribution < -0.4 is 5.32 Å². The van der Waals surface area contributed by atoms with Gasteiger partial charge >= 0.3 is 0 Å². The molecule has 0 saturated carbocycles. The Morgan fingerprint density at radius 3 is 3.06 bits per heavy atom. The molecule has 1 aliphatic rings. The molecule has 5 nitrogen and oxygen atoms in total. The molecule has 18 heavy (non-hydrogen) atoms. The number of hydrogen-bond acceptors (Lipinski definition) is 5. The number of nitrogens with zero attached hydrogens (tertiary/aromatic N) is 2. The largest absolute Gasteiger partial charge is 0.380 e. The Bertz CT molecular complexity index is 512. The number of nitrogens with one attached hydrogen (secondary N) is 1. The highest BCUT2D eigenvalue weighted by Gasteiger charge is 2.28. The first-order chi connectivity index (χ1) is 8.86. The van der Waals surface area contributed by atoms with Crippen molar-refractivity contribution < 1.29 is 9.26 Å². The number of ether oxygens (including phenoxy) is 1. The Labute approximate surface area is 105 Å². The van der Waals surface area contributed by atoms with Crippen LogP contribution in [0.5, 0.6) is 0 Å². The van der Waals surface area contributed by atoms with Gasteiger partial charge in [0.15, 0.2) is 5.76 Å². The molecule has 1 fully saturated rings. The summed E-state index contributed by atoms with van der Waals surface area (Å²) in [6.07, 6.45) is 2.91. The molecule has 0 amide bonds. The van der Waals surface area contributed by atoms with Crippen LogP contribution in [0.3, 0.4) is 0 Å². The molecule has 1 saturated heterocycles. The molecule has 2 atom stereocenters. The quantitative estimate of drug-likeness (QED) is 0.893. The molecule has 5 heteroatoms. The van der Waals surface area contributed by atoms with E-state index >= 15 is 0 Å². The minimum atomic E-state index is 0.180. The third-order valence-electron chi connectivity index (χ3n) is 3.22. The molecule has 2 aromatic rings. The molecule has 0 aliphatic carbocycles. The van der Waals surface area contributed by atoms with Crippen LogP contribution in [0.1, 0.15) is 18.2 Å². The smallest absolute Gasteiger partial charge is 0.154 e. The lowest BCUT2D eigenvalue weighted by Crippen LogP contribution is -2.15. The monoisotopic (exact) mass is 245 g/mol. The summed E-state index contributed by atoms with van der Waals surface area (Å²) in [5.74, 6) is 0.843. The predicted molar refractivity (Wildman–Crippen MR) is 65.9 cm³/mol. The van der Waals surface area contributed by atoms with Crippen LogP contribution in [0.15, 0.2) is 35.0 Å². The summed E-state index contributed by atoms with van der Waals surface area (Å²) in [4.78, 5) is 4.25. The summed E-state index contributed by atoms with van der Waals surface area (Å²) in [6, 6.07) is 7.86. The minimum Gasteiger partial charge on any atom is -0.380 e. The van der Waals surface area contributed by atoms with E-state index in [1.807, 2.05) is 24.3 Å². The van der Waals surface area contributed by atoms with E-state index in [2.05, 4.69) is 15.5 Å². The van der Waals surface area contributed by atoms with Crippen LogP contribution in [-0.2, 0) is 4.74 Å². The van der Waals surface area contributed by atoms with Gasteiger partial charge in [0.2, 0.25) is 0 Å². The SMILES string of the molecule is COC1CNC(c2cc(-c3ccccn3)no2)C1. The fourth-order valence-electron chi connectivity index (χ4n) is 2.19. The first-order valence-corrected chi connectivity index (χ1v) is 6.01. The van der Waals surface area contributed by atoms with Crippen LogP contribution in [0.4, 0.5) is 0 Å². The maximum Gasteiger partial charge on any atom is 0.154 e. The van der Waals surface area contributed by atoms with E-state index < -0.39 is 0 Å². The Hall–Kier alpha value is -1.72. The standard InChI is InChI=1S/C13H15N3O2/c1-17-9-6-12(15-8-9)13-7-11(16-18-13)10-4-2-3-5-14-10/h2-5,7,9,12,15H,6,8H2,1H3. The highest BCUT2D eigenvalue weighted by atomic mass is 16.5. The number of hydrogen-bond donors (Lipinski definition) is 1. The minimum absolute atomic E-state index is 0.180. The van der Waals surface area contributed by atoms with Gasteiger partial charge in [0.1, 0.15) is 5.69 Å². The molecule has 1 aliphatic heterocycles. The van der Waals surface area contributed by atoms with Gasteiger partial charge in [-0.05, 0) is 18.6 Å². The van der Waals surface area contributed by atoms with E-state index in [0.29, 0.717) is 0 Å². The van der Waals surface area contributed by atoms with Crippen molar-refractivity contribution in [2.45, 2.75) is 18.6 Å². The average molecular weight is 245 g/mol. The second-order valence-electron chi connectivity index (χ2n) is 4.38. The predicted octanol–water partition coefficient (Wildman–Crippen LogP) is 1.79. The van der Waals surface area contributed by atoms with Crippen LogP contribution in [-0.4, -0.2) is 29.9 Å². The zero-order chi connectivity index (χ0) is 12.4. The van der Waals surface area contributed by atoms with E-state index in [4.69, 9.17) is 9.26 Å². The zero-order valence-corrected chi connectivity index (χ0v) is 10.2. The van der Waals surface area contributed by atoms with Crippen molar-refractivity contribution in [2.75, 3.05) is 13.7 Å². The molecule has 3 rings (SSSR count). The summed E-state index contributed by atoms with van der Waals surface area (Å²) in [6.45, 7) is 0.848. The molecule has 2 unspecified atom stereocenters. The van der Waals surface area contributed by atoms with Gasteiger partial charge in [-0.2, -0.15) is 0 Å². The summed E-state index contributed by atoms with van der Waals surface area (Å²) < 4.78 is 10.7. The number of methoxy groups -OCH3 is 1. The Kier molecular flexibility index (Phi) is 3.08. The van der Waals surface area contributed by atoms with E-state index in [0.717, 1.165) is 30.1 Å². The molecule has 0 bridgehead atoms. The van der Waals surface area contributed by atoms with Crippen molar-refractivity contribution in [3.63, 3.8) is 0 Å². The lowest BCUT2D eigenvalue weighted by molar-refractivity contribution is 0.116. The van der Waals surface area contributed by atoms with E-state index in [1.165, 1.54) is 0 Å². The molecular formula is C13H15N3O2. The van der Waals surface area contributed by atoms with Gasteiger partial charge in [0.05, 0.1) is 17.8 Å². The summed E-state index contributed by atoms with van der Waals surface area (Å²) in [5.41, 5.74) is 1.60. The maximum absolute atomic E-state index is 5.39. The first-order valence-electron chi connectivity index (χ1n) is 6.01. The van der Waals surface area contributed by atoms with Gasteiger partial charge in [-0.1, -0.05) is 11.2 Å². The molecule has 0 spiro atoms. The molecule has 1 N–H and O–H groups in total. The number of pyridine rings is 1. The fourth-order valence-corrected chi connectivity index (χ4v) is 2.19. The van der Waals surface area contributed by atoms with Crippen molar-refractivity contribution in [2.24, 2.45) is 0 Å². The number of rotatable bonds is 3. The van der Waals surface area contributed by atoms with Crippen molar-refractivity contribution in [3.05, 3.63) is 36.2 Å². The van der Waals surface area contributed by atoms with Crippen LogP contribution in [0.25, 0.3) is 11.4 Å². The Balaban J connectivity index is 1.78. The van der Waals surface area contributed by atoms with E-state index in [9.17, 15) is 0 Å². The van der Waals surface area contributed by atoms with Gasteiger partial charge < -0.3 is 14.6 Å². The second-order valence-corrected chi connectivity index (χ2v) is 4.38. The Morgan fingerprint density at radius 1 is 1.39 bits per heavy atom. The van der Waals surface area contributed by atoms with Crippen molar-refractivity contribution >= 4 is 0 Å². The summed E-state index contributed by atoms with van der Waals surface area (Å²) >= 11 is 0. The highest BCUT2D eigenvalue weighted by molar-refractivity contribution is 5.53. The van der Waals surface area contributed by atoms with Crippen LogP contribution >= 0.6 is 0 Å². The van der Waals surface area contributed by atoms with Crippen LogP contribution in [0, 0.1) is 0 Å². The third kappa shape index (κ3) is 2.14. The zero-order valence-electron chi connectivity index (χ0n) is 10.2. The van der Waals surface area contributed by atoms with Crippen LogP contribution in [0.2, 0.25) is 0 Å². The first kappa shape index (κ1) is 11.4. The lowest BCUT2D eigenvalue weighted by atomic mass is 10.1. The highest BCUT2D eigenvalue weighted by Crippen LogP contribution is 2.27. The van der Waals surface area contributed by atoms with E-state index in [-0.39, 0.29) is 12.1 Å². The van der Waals surface area contributed by atoms with Gasteiger partial charge in [-0.25, -0.2) is 0 Å². The summed E-state index contributed by atoms with van der Waals surface area (Å²) in [7, 11) is 1.73. The maximum atomic E-state index is 5.39. The van der Waals surface area contributed by atoms with Crippen molar-refractivity contribution in [1.82, 2.24) is 15.5 Å². The topological polar surface area (TPSA) is 60.2 Å². The number of aromatic nitrogens is 2.